The molecule has 98 valence electrons. The summed E-state index contributed by atoms with van der Waals surface area (Å²) in [5.41, 5.74) is 7.98. The highest BCUT2D eigenvalue weighted by Crippen LogP contribution is 2.20. The number of anilines is 1. The highest BCUT2D eigenvalue weighted by molar-refractivity contribution is 9.10. The van der Waals surface area contributed by atoms with Crippen molar-refractivity contribution in [3.05, 3.63) is 58.3 Å². The summed E-state index contributed by atoms with van der Waals surface area (Å²) in [5.74, 6) is -0.462. The topological polar surface area (TPSA) is 68.0 Å². The number of aromatic nitrogens is 1. The van der Waals surface area contributed by atoms with Gasteiger partial charge in [-0.1, -0.05) is 12.1 Å². The minimum absolute atomic E-state index is 0.462. The number of primary amides is 1. The summed E-state index contributed by atoms with van der Waals surface area (Å²) in [7, 11) is 0. The van der Waals surface area contributed by atoms with Gasteiger partial charge in [-0.25, -0.2) is 0 Å². The Morgan fingerprint density at radius 3 is 2.74 bits per heavy atom. The number of hydrogen-bond acceptors (Lipinski definition) is 3. The minimum Gasteiger partial charge on any atom is -0.369 e. The number of nitrogens with zero attached hydrogens (tertiary/aromatic N) is 1. The van der Waals surface area contributed by atoms with Gasteiger partial charge < -0.3 is 11.1 Å². The first-order chi connectivity index (χ1) is 9.06. The van der Waals surface area contributed by atoms with Crippen LogP contribution in [0.4, 0.5) is 5.69 Å². The molecule has 4 nitrogen and oxygen atoms in total. The quantitative estimate of drug-likeness (QED) is 0.910. The van der Waals surface area contributed by atoms with Gasteiger partial charge in [-0.15, -0.1) is 0 Å². The Bertz CT molecular complexity index is 583. The van der Waals surface area contributed by atoms with Gasteiger partial charge in [-0.3, -0.25) is 9.78 Å². The number of hydrogen-bond donors (Lipinski definition) is 2. The van der Waals surface area contributed by atoms with Crippen LogP contribution in [-0.2, 0) is 4.79 Å². The van der Waals surface area contributed by atoms with Crippen LogP contribution >= 0.6 is 15.9 Å². The van der Waals surface area contributed by atoms with Crippen LogP contribution in [0.3, 0.4) is 0 Å². The average Bonchev–Trinajstić information content (AvgIpc) is 2.37. The molecule has 2 rings (SSSR count). The first-order valence-corrected chi connectivity index (χ1v) is 6.59. The SMILES string of the molecule is Cc1cccc(NC(C(N)=O)c2ccc(Br)cn2)c1. The molecule has 0 spiro atoms. The number of aryl methyl sites for hydroxylation is 1. The van der Waals surface area contributed by atoms with Gasteiger partial charge in [0.1, 0.15) is 6.04 Å². The van der Waals surface area contributed by atoms with Crippen molar-refractivity contribution in [3.8, 4) is 0 Å². The molecule has 0 radical (unpaired) electrons. The smallest absolute Gasteiger partial charge is 0.246 e. The highest BCUT2D eigenvalue weighted by Gasteiger charge is 2.18. The van der Waals surface area contributed by atoms with E-state index in [1.54, 1.807) is 12.3 Å². The molecule has 1 unspecified atom stereocenters. The number of halogens is 1. The molecule has 0 aliphatic carbocycles. The number of amides is 1. The summed E-state index contributed by atoms with van der Waals surface area (Å²) in [4.78, 5) is 15.8. The van der Waals surface area contributed by atoms with Crippen LogP contribution in [0.25, 0.3) is 0 Å². The van der Waals surface area contributed by atoms with Gasteiger partial charge in [-0.05, 0) is 52.7 Å². The van der Waals surface area contributed by atoms with E-state index in [0.29, 0.717) is 5.69 Å². The maximum Gasteiger partial charge on any atom is 0.246 e. The van der Waals surface area contributed by atoms with Crippen LogP contribution < -0.4 is 11.1 Å². The number of benzene rings is 1. The van der Waals surface area contributed by atoms with E-state index in [1.807, 2.05) is 37.3 Å². The molecular weight excluding hydrogens is 306 g/mol. The van der Waals surface area contributed by atoms with Gasteiger partial charge in [-0.2, -0.15) is 0 Å². The molecule has 2 aromatic rings. The zero-order chi connectivity index (χ0) is 13.8. The molecule has 1 heterocycles. The van der Waals surface area contributed by atoms with E-state index in [1.165, 1.54) is 0 Å². The summed E-state index contributed by atoms with van der Waals surface area (Å²) >= 11 is 3.31. The van der Waals surface area contributed by atoms with Crippen molar-refractivity contribution in [1.29, 1.82) is 0 Å². The van der Waals surface area contributed by atoms with Crippen molar-refractivity contribution in [1.82, 2.24) is 4.98 Å². The zero-order valence-electron chi connectivity index (χ0n) is 10.4. The van der Waals surface area contributed by atoms with E-state index in [-0.39, 0.29) is 0 Å². The lowest BCUT2D eigenvalue weighted by Gasteiger charge is -2.16. The van der Waals surface area contributed by atoms with E-state index < -0.39 is 11.9 Å². The zero-order valence-corrected chi connectivity index (χ0v) is 12.0. The number of carbonyl (C=O) groups excluding carboxylic acids is 1. The lowest BCUT2D eigenvalue weighted by atomic mass is 10.1. The predicted molar refractivity (Wildman–Crippen MR) is 78.7 cm³/mol. The Kier molecular flexibility index (Phi) is 4.16. The fourth-order valence-corrected chi connectivity index (χ4v) is 1.98. The van der Waals surface area contributed by atoms with E-state index in [4.69, 9.17) is 5.73 Å². The lowest BCUT2D eigenvalue weighted by molar-refractivity contribution is -0.118. The van der Waals surface area contributed by atoms with Gasteiger partial charge in [0.05, 0.1) is 5.69 Å². The molecule has 0 fully saturated rings. The van der Waals surface area contributed by atoms with Crippen LogP contribution in [0.1, 0.15) is 17.3 Å². The Hall–Kier alpha value is -1.88. The summed E-state index contributed by atoms with van der Waals surface area (Å²) in [6, 6.07) is 10.7. The molecule has 1 amide bonds. The van der Waals surface area contributed by atoms with Gasteiger partial charge in [0.15, 0.2) is 0 Å². The van der Waals surface area contributed by atoms with Crippen molar-refractivity contribution in [2.75, 3.05) is 5.32 Å². The molecule has 0 saturated carbocycles. The second-order valence-corrected chi connectivity index (χ2v) is 5.17. The maximum atomic E-state index is 11.6. The molecule has 1 aromatic heterocycles. The third kappa shape index (κ3) is 3.54. The van der Waals surface area contributed by atoms with Gasteiger partial charge >= 0.3 is 0 Å². The van der Waals surface area contributed by atoms with Crippen LogP contribution in [0.2, 0.25) is 0 Å². The molecule has 5 heteroatoms. The second kappa shape index (κ2) is 5.84. The second-order valence-electron chi connectivity index (χ2n) is 4.25. The fourth-order valence-electron chi connectivity index (χ4n) is 1.75. The molecular formula is C14H14BrN3O. The Morgan fingerprint density at radius 2 is 2.16 bits per heavy atom. The van der Waals surface area contributed by atoms with Crippen LogP contribution in [0, 0.1) is 6.92 Å². The van der Waals surface area contributed by atoms with Gasteiger partial charge in [0, 0.05) is 16.4 Å². The largest absolute Gasteiger partial charge is 0.369 e. The van der Waals surface area contributed by atoms with Crippen molar-refractivity contribution < 1.29 is 4.79 Å². The highest BCUT2D eigenvalue weighted by atomic mass is 79.9. The van der Waals surface area contributed by atoms with E-state index in [2.05, 4.69) is 26.2 Å². The Labute approximate surface area is 120 Å². The Morgan fingerprint density at radius 1 is 1.37 bits per heavy atom. The molecule has 0 aliphatic rings. The van der Waals surface area contributed by atoms with Crippen LogP contribution in [0.15, 0.2) is 47.1 Å². The van der Waals surface area contributed by atoms with Crippen molar-refractivity contribution in [2.24, 2.45) is 5.73 Å². The predicted octanol–water partition coefficient (Wildman–Crippen LogP) is 2.79. The molecule has 19 heavy (non-hydrogen) atoms. The number of nitrogens with one attached hydrogen (secondary N) is 1. The molecule has 1 aromatic carbocycles. The standard InChI is InChI=1S/C14H14BrN3O/c1-9-3-2-4-11(7-9)18-13(14(16)19)12-6-5-10(15)8-17-12/h2-8,13,18H,1H3,(H2,16,19). The van der Waals surface area contributed by atoms with E-state index in [9.17, 15) is 4.79 Å². The maximum absolute atomic E-state index is 11.6. The number of carbonyl (C=O) groups is 1. The molecule has 3 N–H and O–H groups in total. The van der Waals surface area contributed by atoms with Crippen molar-refractivity contribution >= 4 is 27.5 Å². The van der Waals surface area contributed by atoms with Gasteiger partial charge in [0.25, 0.3) is 0 Å². The molecule has 0 saturated heterocycles. The third-order valence-corrected chi connectivity index (χ3v) is 3.13. The lowest BCUT2D eigenvalue weighted by Crippen LogP contribution is -2.28. The molecule has 0 bridgehead atoms. The number of pyridine rings is 1. The average molecular weight is 320 g/mol. The first kappa shape index (κ1) is 13.5. The summed E-state index contributed by atoms with van der Waals surface area (Å²) in [6.07, 6.45) is 1.64. The van der Waals surface area contributed by atoms with Gasteiger partial charge in [0.2, 0.25) is 5.91 Å². The Balaban J connectivity index is 2.26. The summed E-state index contributed by atoms with van der Waals surface area (Å²) in [6.45, 7) is 1.99. The fraction of sp³-hybridized carbons (Fsp3) is 0.143. The minimum atomic E-state index is -0.644. The molecule has 1 atom stereocenters. The first-order valence-electron chi connectivity index (χ1n) is 5.80. The van der Waals surface area contributed by atoms with Crippen molar-refractivity contribution in [2.45, 2.75) is 13.0 Å². The van der Waals surface area contributed by atoms with Crippen molar-refractivity contribution in [3.63, 3.8) is 0 Å². The van der Waals surface area contributed by atoms with E-state index >= 15 is 0 Å². The van der Waals surface area contributed by atoms with Crippen LogP contribution in [0.5, 0.6) is 0 Å². The monoisotopic (exact) mass is 319 g/mol. The number of nitrogens with two attached hydrogens (primary N) is 1. The molecule has 0 aliphatic heterocycles. The van der Waals surface area contributed by atoms with Crippen LogP contribution in [-0.4, -0.2) is 10.9 Å². The van der Waals surface area contributed by atoms with E-state index in [0.717, 1.165) is 15.7 Å². The summed E-state index contributed by atoms with van der Waals surface area (Å²) < 4.78 is 0.857. The third-order valence-electron chi connectivity index (χ3n) is 2.66. The number of rotatable bonds is 4. The normalized spacial score (nSPS) is 11.9. The summed E-state index contributed by atoms with van der Waals surface area (Å²) in [5, 5.41) is 3.10.